The van der Waals surface area contributed by atoms with Crippen LogP contribution in [-0.2, 0) is 15.8 Å². The molecule has 1 aliphatic rings. The second-order valence-electron chi connectivity index (χ2n) is 9.79. The van der Waals surface area contributed by atoms with Crippen molar-refractivity contribution >= 4 is 27.8 Å². The Balaban J connectivity index is 1.37. The van der Waals surface area contributed by atoms with E-state index in [1.165, 1.54) is 42.7 Å². The molecule has 0 saturated carbocycles. The van der Waals surface area contributed by atoms with Gasteiger partial charge in [-0.2, -0.15) is 4.39 Å². The Labute approximate surface area is 248 Å². The summed E-state index contributed by atoms with van der Waals surface area (Å²) in [6.45, 7) is -0.248. The number of piperidine rings is 1. The normalized spacial score (nSPS) is 16.8. The van der Waals surface area contributed by atoms with E-state index in [0.717, 1.165) is 4.90 Å². The quantitative estimate of drug-likeness (QED) is 0.168. The SMILES string of the molecule is O=C(O)N1C[C@@H](F)C[C@H](Nc2nccc(-c3cccnc3Oc3cc(F)c(NS(=O)(=O)Cc4ccccc4)c(F)c3F)n2)C1. The first kappa shape index (κ1) is 30.5. The Morgan fingerprint density at radius 3 is 2.55 bits per heavy atom. The van der Waals surface area contributed by atoms with Crippen LogP contribution in [0.15, 0.2) is 67.0 Å². The summed E-state index contributed by atoms with van der Waals surface area (Å²) in [5.41, 5.74) is -0.525. The van der Waals surface area contributed by atoms with Crippen molar-refractivity contribution in [2.75, 3.05) is 23.1 Å². The van der Waals surface area contributed by atoms with Crippen LogP contribution in [0.4, 0.5) is 34.0 Å². The standard InChI is InChI=1S/C28H24F4N6O5S/c29-17-11-18(14-38(13-17)28(39)40)35-27-34-10-8-21(36-27)19-7-4-9-33-26(19)43-22-12-20(30)25(24(32)23(22)31)37-44(41,42)15-16-5-2-1-3-6-16/h1-10,12,17-18,37H,11,13-15H2,(H,39,40)(H,34,35,36)/t17-,18-/m0/s1. The summed E-state index contributed by atoms with van der Waals surface area (Å²) in [4.78, 5) is 24.7. The zero-order chi connectivity index (χ0) is 31.4. The number of ether oxygens (including phenoxy) is 1. The smallest absolute Gasteiger partial charge is 0.407 e. The number of nitrogens with zero attached hydrogens (tertiary/aromatic N) is 4. The van der Waals surface area contributed by atoms with E-state index in [0.29, 0.717) is 11.6 Å². The van der Waals surface area contributed by atoms with E-state index in [9.17, 15) is 31.5 Å². The third kappa shape index (κ3) is 7.14. The second-order valence-corrected chi connectivity index (χ2v) is 11.5. The average Bonchev–Trinajstić information content (AvgIpc) is 2.98. The molecule has 11 nitrogen and oxygen atoms in total. The highest BCUT2D eigenvalue weighted by molar-refractivity contribution is 7.91. The van der Waals surface area contributed by atoms with Crippen molar-refractivity contribution in [3.63, 3.8) is 0 Å². The van der Waals surface area contributed by atoms with Crippen LogP contribution in [0, 0.1) is 17.5 Å². The van der Waals surface area contributed by atoms with Crippen molar-refractivity contribution in [3.8, 4) is 22.9 Å². The van der Waals surface area contributed by atoms with E-state index < -0.39 is 63.0 Å². The van der Waals surface area contributed by atoms with Gasteiger partial charge in [0.1, 0.15) is 11.9 Å². The van der Waals surface area contributed by atoms with Crippen molar-refractivity contribution in [1.29, 1.82) is 0 Å². The molecule has 2 atom stereocenters. The number of benzene rings is 2. The van der Waals surface area contributed by atoms with E-state index in [4.69, 9.17) is 4.74 Å². The third-order valence-corrected chi connectivity index (χ3v) is 7.72. The number of carbonyl (C=O) groups is 1. The first-order valence-corrected chi connectivity index (χ1v) is 14.7. The maximum Gasteiger partial charge on any atom is 0.407 e. The van der Waals surface area contributed by atoms with Crippen LogP contribution < -0.4 is 14.8 Å². The zero-order valence-corrected chi connectivity index (χ0v) is 23.4. The number of alkyl halides is 1. The minimum absolute atomic E-state index is 0.000587. The highest BCUT2D eigenvalue weighted by Gasteiger charge is 2.30. The third-order valence-electron chi connectivity index (χ3n) is 6.49. The van der Waals surface area contributed by atoms with E-state index in [1.54, 1.807) is 22.9 Å². The average molecular weight is 633 g/mol. The molecular formula is C28H24F4N6O5S. The number of hydrogen-bond acceptors (Lipinski definition) is 8. The van der Waals surface area contributed by atoms with Gasteiger partial charge in [0.15, 0.2) is 17.4 Å². The van der Waals surface area contributed by atoms with Gasteiger partial charge in [0, 0.05) is 37.5 Å². The van der Waals surface area contributed by atoms with E-state index in [2.05, 4.69) is 20.3 Å². The van der Waals surface area contributed by atoms with Gasteiger partial charge in [-0.05, 0) is 23.8 Å². The van der Waals surface area contributed by atoms with Gasteiger partial charge in [-0.3, -0.25) is 4.72 Å². The number of amides is 1. The molecule has 1 amide bonds. The first-order chi connectivity index (χ1) is 21.0. The Kier molecular flexibility index (Phi) is 8.80. The van der Waals surface area contributed by atoms with E-state index in [1.807, 2.05) is 0 Å². The van der Waals surface area contributed by atoms with Crippen LogP contribution in [0.3, 0.4) is 0 Å². The van der Waals surface area contributed by atoms with Gasteiger partial charge in [-0.15, -0.1) is 0 Å². The second kappa shape index (κ2) is 12.7. The number of hydrogen-bond donors (Lipinski definition) is 3. The predicted molar refractivity (Wildman–Crippen MR) is 151 cm³/mol. The Morgan fingerprint density at radius 1 is 1.02 bits per heavy atom. The van der Waals surface area contributed by atoms with Gasteiger partial charge in [-0.1, -0.05) is 30.3 Å². The van der Waals surface area contributed by atoms with Crippen molar-refractivity contribution in [3.05, 3.63) is 90.0 Å². The fourth-order valence-electron chi connectivity index (χ4n) is 4.56. The molecule has 4 aromatic rings. The number of pyridine rings is 1. The minimum atomic E-state index is -4.31. The number of sulfonamides is 1. The number of rotatable bonds is 9. The summed E-state index contributed by atoms with van der Waals surface area (Å²) in [6, 6.07) is 12.1. The maximum absolute atomic E-state index is 15.1. The van der Waals surface area contributed by atoms with Crippen LogP contribution >= 0.6 is 0 Å². The number of halogens is 4. The maximum atomic E-state index is 15.1. The van der Waals surface area contributed by atoms with Crippen LogP contribution in [0.1, 0.15) is 12.0 Å². The predicted octanol–water partition coefficient (Wildman–Crippen LogP) is 5.19. The zero-order valence-electron chi connectivity index (χ0n) is 22.6. The fraction of sp³-hybridized carbons (Fsp3) is 0.214. The van der Waals surface area contributed by atoms with Crippen molar-refractivity contribution < 1.29 is 40.6 Å². The summed E-state index contributed by atoms with van der Waals surface area (Å²) in [5.74, 6) is -6.72. The summed E-state index contributed by atoms with van der Waals surface area (Å²) < 4.78 is 91.3. The van der Waals surface area contributed by atoms with Crippen molar-refractivity contribution in [2.45, 2.75) is 24.4 Å². The lowest BCUT2D eigenvalue weighted by Gasteiger charge is -2.33. The number of aromatic nitrogens is 3. The molecule has 0 radical (unpaired) electrons. The molecule has 44 heavy (non-hydrogen) atoms. The summed E-state index contributed by atoms with van der Waals surface area (Å²) in [6.07, 6.45) is -0.000789. The largest absolute Gasteiger partial charge is 0.465 e. The van der Waals surface area contributed by atoms with Crippen LogP contribution in [0.25, 0.3) is 11.3 Å². The van der Waals surface area contributed by atoms with Crippen molar-refractivity contribution in [2.24, 2.45) is 0 Å². The van der Waals surface area contributed by atoms with Gasteiger partial charge < -0.3 is 20.1 Å². The summed E-state index contributed by atoms with van der Waals surface area (Å²) in [5, 5.41) is 12.1. The highest BCUT2D eigenvalue weighted by Crippen LogP contribution is 2.36. The Bertz CT molecular complexity index is 1780. The van der Waals surface area contributed by atoms with Crippen LogP contribution in [0.2, 0.25) is 0 Å². The van der Waals surface area contributed by atoms with Gasteiger partial charge >= 0.3 is 6.09 Å². The van der Waals surface area contributed by atoms with Gasteiger partial charge in [0.05, 0.1) is 23.6 Å². The lowest BCUT2D eigenvalue weighted by Crippen LogP contribution is -2.49. The number of anilines is 2. The molecule has 2 aromatic heterocycles. The minimum Gasteiger partial charge on any atom is -0.465 e. The molecule has 2 aromatic carbocycles. The fourth-order valence-corrected chi connectivity index (χ4v) is 5.76. The molecule has 230 valence electrons. The van der Waals surface area contributed by atoms with Gasteiger partial charge in [0.25, 0.3) is 0 Å². The first-order valence-electron chi connectivity index (χ1n) is 13.1. The topological polar surface area (TPSA) is 147 Å². The molecule has 5 rings (SSSR count). The van der Waals surface area contributed by atoms with E-state index in [-0.39, 0.29) is 42.6 Å². The molecule has 3 N–H and O–H groups in total. The molecule has 1 aliphatic heterocycles. The molecule has 1 saturated heterocycles. The monoisotopic (exact) mass is 632 g/mol. The van der Waals surface area contributed by atoms with Crippen molar-refractivity contribution in [1.82, 2.24) is 19.9 Å². The van der Waals surface area contributed by atoms with Crippen LogP contribution in [-0.4, -0.2) is 64.8 Å². The Hall–Kier alpha value is -4.99. The van der Waals surface area contributed by atoms with Gasteiger partial charge in [-0.25, -0.2) is 41.3 Å². The number of likely N-dealkylation sites (tertiary alicyclic amines) is 1. The molecule has 1 fully saturated rings. The summed E-state index contributed by atoms with van der Waals surface area (Å²) in [7, 11) is -4.31. The summed E-state index contributed by atoms with van der Waals surface area (Å²) >= 11 is 0. The van der Waals surface area contributed by atoms with Crippen LogP contribution in [0.5, 0.6) is 11.6 Å². The molecule has 0 spiro atoms. The molecule has 0 aliphatic carbocycles. The van der Waals surface area contributed by atoms with Gasteiger partial charge in [0.2, 0.25) is 27.7 Å². The van der Waals surface area contributed by atoms with E-state index >= 15 is 4.39 Å². The molecular weight excluding hydrogens is 608 g/mol. The number of carboxylic acid groups (broad SMARTS) is 1. The molecule has 16 heteroatoms. The molecule has 0 unspecified atom stereocenters. The lowest BCUT2D eigenvalue weighted by atomic mass is 10.0. The lowest BCUT2D eigenvalue weighted by molar-refractivity contribution is 0.102. The highest BCUT2D eigenvalue weighted by atomic mass is 32.2. The number of nitrogens with one attached hydrogen (secondary N) is 2. The molecule has 3 heterocycles. The Morgan fingerprint density at radius 2 is 1.80 bits per heavy atom. The molecule has 0 bridgehead atoms.